The van der Waals surface area contributed by atoms with E-state index in [-0.39, 0.29) is 0 Å². The molecular formula is C55H40N2. The van der Waals surface area contributed by atoms with Gasteiger partial charge in [-0.2, -0.15) is 0 Å². The van der Waals surface area contributed by atoms with E-state index in [1.165, 1.54) is 60.5 Å². The van der Waals surface area contributed by atoms with Gasteiger partial charge in [-0.1, -0.05) is 164 Å². The molecular weight excluding hydrogens is 689 g/mol. The summed E-state index contributed by atoms with van der Waals surface area (Å²) in [4.78, 5) is 9.23. The van der Waals surface area contributed by atoms with Crippen molar-refractivity contribution in [2.45, 2.75) is 6.92 Å². The summed E-state index contributed by atoms with van der Waals surface area (Å²) in [6, 6.07) is 67.9. The summed E-state index contributed by atoms with van der Waals surface area (Å²) in [5.74, 6) is 0. The van der Waals surface area contributed by atoms with E-state index >= 15 is 0 Å². The van der Waals surface area contributed by atoms with Crippen LogP contribution in [0, 0.1) is 0 Å². The topological polar surface area (TPSA) is 25.2 Å². The van der Waals surface area contributed by atoms with Crippen LogP contribution in [0.5, 0.6) is 0 Å². The Labute approximate surface area is 334 Å². The molecule has 1 aromatic heterocycles. The Morgan fingerprint density at radius 3 is 1.49 bits per heavy atom. The number of fused-ring (bicyclic) bond motifs is 2. The average molecular weight is 729 g/mol. The molecule has 0 aliphatic rings. The van der Waals surface area contributed by atoms with Crippen molar-refractivity contribution in [2.24, 2.45) is 4.99 Å². The number of rotatable bonds is 9. The predicted octanol–water partition coefficient (Wildman–Crippen LogP) is 15.0. The first-order valence-corrected chi connectivity index (χ1v) is 19.4. The van der Waals surface area contributed by atoms with Crippen molar-refractivity contribution in [1.82, 2.24) is 4.98 Å². The molecule has 0 fully saturated rings. The van der Waals surface area contributed by atoms with Crippen LogP contribution in [-0.2, 0) is 0 Å². The lowest BCUT2D eigenvalue weighted by Crippen LogP contribution is -1.93. The zero-order valence-electron chi connectivity index (χ0n) is 31.8. The minimum absolute atomic E-state index is 0.885. The normalized spacial score (nSPS) is 11.7. The van der Waals surface area contributed by atoms with E-state index in [1.54, 1.807) is 6.08 Å². The van der Waals surface area contributed by atoms with Gasteiger partial charge in [0.15, 0.2) is 0 Å². The summed E-state index contributed by atoms with van der Waals surface area (Å²) in [7, 11) is 0. The van der Waals surface area contributed by atoms with E-state index in [9.17, 15) is 0 Å². The molecule has 270 valence electrons. The highest BCUT2D eigenvalue weighted by atomic mass is 14.7. The number of aromatic nitrogens is 1. The van der Waals surface area contributed by atoms with Gasteiger partial charge in [-0.25, -0.2) is 0 Å². The van der Waals surface area contributed by atoms with Crippen molar-refractivity contribution in [3.8, 4) is 66.9 Å². The molecule has 0 amide bonds. The Morgan fingerprint density at radius 1 is 0.439 bits per heavy atom. The van der Waals surface area contributed by atoms with Crippen LogP contribution in [0.3, 0.4) is 0 Å². The lowest BCUT2D eigenvalue weighted by atomic mass is 9.84. The van der Waals surface area contributed by atoms with Crippen LogP contribution in [0.2, 0.25) is 0 Å². The first kappa shape index (κ1) is 35.3. The van der Waals surface area contributed by atoms with E-state index in [2.05, 4.69) is 192 Å². The monoisotopic (exact) mass is 728 g/mol. The Balaban J connectivity index is 1.30. The Hall–Kier alpha value is -7.42. The molecule has 0 bridgehead atoms. The predicted molar refractivity (Wildman–Crippen MR) is 244 cm³/mol. The first-order chi connectivity index (χ1) is 28.2. The van der Waals surface area contributed by atoms with Gasteiger partial charge < -0.3 is 0 Å². The molecule has 9 rings (SSSR count). The fraction of sp³-hybridized carbons (Fsp3) is 0.0182. The SMILES string of the molecule is C=C/C=C(\N=CC)c1ccc(-c2c3ccccc3c(-c3ccc(-c4ccccn4)cc3)c3cc(-c4cc(-c5ccccc5)cc(-c5ccccc5)c4)ccc23)cc1. The molecule has 0 saturated heterocycles. The second kappa shape index (κ2) is 15.7. The molecule has 57 heavy (non-hydrogen) atoms. The van der Waals surface area contributed by atoms with Gasteiger partial charge >= 0.3 is 0 Å². The number of aliphatic imine (C=N–C) groups is 1. The lowest BCUT2D eigenvalue weighted by molar-refractivity contribution is 1.33. The summed E-state index contributed by atoms with van der Waals surface area (Å²) in [6.45, 7) is 5.85. The highest BCUT2D eigenvalue weighted by Gasteiger charge is 2.19. The highest BCUT2D eigenvalue weighted by molar-refractivity contribution is 6.22. The minimum atomic E-state index is 0.885. The molecule has 0 unspecified atom stereocenters. The number of hydrogen-bond donors (Lipinski definition) is 0. The molecule has 0 spiro atoms. The van der Waals surface area contributed by atoms with Gasteiger partial charge in [0.25, 0.3) is 0 Å². The van der Waals surface area contributed by atoms with Crippen molar-refractivity contribution in [3.05, 3.63) is 219 Å². The van der Waals surface area contributed by atoms with E-state index in [0.29, 0.717) is 0 Å². The second-order valence-corrected chi connectivity index (χ2v) is 14.1. The number of benzene rings is 8. The standard InChI is InChI=1S/C55H40N2/c1-3-15-52(56-4-2)40-23-27-42(28-24-40)54-48-20-11-12-21-49(48)55(43-29-25-41(26-30-43)53-22-13-14-33-57-53)51-37-44(31-32-50(51)54)47-35-45(38-16-7-5-8-17-38)34-46(36-47)39-18-9-6-10-19-39/h3-37H,1H2,2H3/b52-15-,56-4?. The number of hydrogen-bond acceptors (Lipinski definition) is 2. The highest BCUT2D eigenvalue weighted by Crippen LogP contribution is 2.46. The zero-order valence-corrected chi connectivity index (χ0v) is 31.8. The van der Waals surface area contributed by atoms with Gasteiger partial charge in [0, 0.05) is 23.5 Å². The molecule has 0 N–H and O–H groups in total. The third kappa shape index (κ3) is 7.01. The Bertz CT molecular complexity index is 2870. The Morgan fingerprint density at radius 2 is 0.930 bits per heavy atom. The van der Waals surface area contributed by atoms with Crippen molar-refractivity contribution < 1.29 is 0 Å². The van der Waals surface area contributed by atoms with Crippen LogP contribution in [0.1, 0.15) is 12.5 Å². The third-order valence-electron chi connectivity index (χ3n) is 10.7. The molecule has 0 aliphatic heterocycles. The van der Waals surface area contributed by atoms with Crippen molar-refractivity contribution >= 4 is 33.5 Å². The maximum atomic E-state index is 4.62. The van der Waals surface area contributed by atoms with Gasteiger partial charge in [0.1, 0.15) is 0 Å². The van der Waals surface area contributed by atoms with Gasteiger partial charge in [-0.3, -0.25) is 9.98 Å². The quantitative estimate of drug-likeness (QED) is 0.0825. The summed E-state index contributed by atoms with van der Waals surface area (Å²) in [5, 5.41) is 4.81. The van der Waals surface area contributed by atoms with Crippen LogP contribution < -0.4 is 0 Å². The van der Waals surface area contributed by atoms with E-state index in [1.807, 2.05) is 37.5 Å². The number of allylic oxidation sites excluding steroid dienone is 2. The maximum Gasteiger partial charge on any atom is 0.0701 e. The molecule has 1 heterocycles. The number of pyridine rings is 1. The van der Waals surface area contributed by atoms with E-state index in [0.717, 1.165) is 39.2 Å². The lowest BCUT2D eigenvalue weighted by Gasteiger charge is -2.19. The molecule has 0 atom stereocenters. The minimum Gasteiger partial charge on any atom is -0.261 e. The maximum absolute atomic E-state index is 4.62. The summed E-state index contributed by atoms with van der Waals surface area (Å²) >= 11 is 0. The fourth-order valence-electron chi connectivity index (χ4n) is 7.98. The zero-order chi connectivity index (χ0) is 38.6. The molecule has 0 saturated carbocycles. The molecule has 2 nitrogen and oxygen atoms in total. The molecule has 2 heteroatoms. The molecule has 0 radical (unpaired) electrons. The largest absolute Gasteiger partial charge is 0.261 e. The van der Waals surface area contributed by atoms with Gasteiger partial charge in [-0.15, -0.1) is 0 Å². The average Bonchev–Trinajstić information content (AvgIpc) is 3.29. The third-order valence-corrected chi connectivity index (χ3v) is 10.7. The second-order valence-electron chi connectivity index (χ2n) is 14.1. The van der Waals surface area contributed by atoms with Crippen molar-refractivity contribution in [1.29, 1.82) is 0 Å². The molecule has 8 aromatic carbocycles. The van der Waals surface area contributed by atoms with Crippen LogP contribution in [0.25, 0.3) is 94.1 Å². The molecule has 9 aromatic rings. The van der Waals surface area contributed by atoms with E-state index < -0.39 is 0 Å². The van der Waals surface area contributed by atoms with E-state index in [4.69, 9.17) is 0 Å². The van der Waals surface area contributed by atoms with Crippen LogP contribution in [0.15, 0.2) is 218 Å². The summed E-state index contributed by atoms with van der Waals surface area (Å²) in [6.07, 6.45) is 7.41. The summed E-state index contributed by atoms with van der Waals surface area (Å²) in [5.41, 5.74) is 15.8. The van der Waals surface area contributed by atoms with Crippen molar-refractivity contribution in [2.75, 3.05) is 0 Å². The van der Waals surface area contributed by atoms with Gasteiger partial charge in [0.2, 0.25) is 0 Å². The van der Waals surface area contributed by atoms with Gasteiger partial charge in [-0.05, 0) is 127 Å². The van der Waals surface area contributed by atoms with Gasteiger partial charge in [0.05, 0.1) is 11.4 Å². The first-order valence-electron chi connectivity index (χ1n) is 19.4. The fourth-order valence-corrected chi connectivity index (χ4v) is 7.98. The molecule has 0 aliphatic carbocycles. The van der Waals surface area contributed by atoms with Crippen molar-refractivity contribution in [3.63, 3.8) is 0 Å². The van der Waals surface area contributed by atoms with Crippen LogP contribution in [0.4, 0.5) is 0 Å². The smallest absolute Gasteiger partial charge is 0.0701 e. The Kier molecular flexibility index (Phi) is 9.75. The number of nitrogens with zero attached hydrogens (tertiary/aromatic N) is 2. The van der Waals surface area contributed by atoms with Crippen LogP contribution in [-0.4, -0.2) is 11.2 Å². The summed E-state index contributed by atoms with van der Waals surface area (Å²) < 4.78 is 0. The van der Waals surface area contributed by atoms with Crippen LogP contribution >= 0.6 is 0 Å².